The lowest BCUT2D eigenvalue weighted by molar-refractivity contribution is -0.274. The van der Waals surface area contributed by atoms with E-state index in [0.717, 1.165) is 37.7 Å². The summed E-state index contributed by atoms with van der Waals surface area (Å²) < 4.78 is 41.5. The van der Waals surface area contributed by atoms with Crippen LogP contribution in [0.4, 0.5) is 18.9 Å². The third-order valence-corrected chi connectivity index (χ3v) is 6.22. The highest BCUT2D eigenvalue weighted by molar-refractivity contribution is 6.33. The Bertz CT molecular complexity index is 770. The van der Waals surface area contributed by atoms with Crippen molar-refractivity contribution in [3.8, 4) is 5.75 Å². The van der Waals surface area contributed by atoms with E-state index in [1.807, 2.05) is 11.0 Å². The number of carboxylic acids is 1. The number of hydrogen-bond acceptors (Lipinski definition) is 3. The Morgan fingerprint density at radius 1 is 1.29 bits per heavy atom. The van der Waals surface area contributed by atoms with E-state index in [2.05, 4.69) is 4.74 Å². The maximum atomic E-state index is 12.5. The van der Waals surface area contributed by atoms with Gasteiger partial charge < -0.3 is 14.7 Å². The zero-order chi connectivity index (χ0) is 20.5. The average Bonchev–Trinajstić information content (AvgIpc) is 2.62. The van der Waals surface area contributed by atoms with E-state index in [9.17, 15) is 23.1 Å². The third kappa shape index (κ3) is 4.74. The standard InChI is InChI=1S/C20H23ClF3NO3/c1-13(18(26)27)14-3-2-6-19(12-14)7-9-25(10-8-19)17-11-15(4-5-16(17)21)28-20(22,23)24/h3-5,11,13H,2,6-10,12H2,1H3,(H,26,27). The maximum absolute atomic E-state index is 12.5. The van der Waals surface area contributed by atoms with E-state index in [1.54, 1.807) is 6.92 Å². The zero-order valence-electron chi connectivity index (χ0n) is 15.6. The number of carboxylic acid groups (broad SMARTS) is 1. The second-order valence-corrected chi connectivity index (χ2v) is 8.11. The van der Waals surface area contributed by atoms with Crippen molar-refractivity contribution in [3.63, 3.8) is 0 Å². The number of anilines is 1. The molecule has 4 nitrogen and oxygen atoms in total. The predicted molar refractivity (Wildman–Crippen MR) is 101 cm³/mol. The van der Waals surface area contributed by atoms with Gasteiger partial charge >= 0.3 is 12.3 Å². The van der Waals surface area contributed by atoms with E-state index in [-0.39, 0.29) is 11.2 Å². The largest absolute Gasteiger partial charge is 0.573 e. The van der Waals surface area contributed by atoms with Crippen molar-refractivity contribution in [2.45, 2.75) is 45.4 Å². The van der Waals surface area contributed by atoms with E-state index >= 15 is 0 Å². The van der Waals surface area contributed by atoms with Crippen LogP contribution >= 0.6 is 11.6 Å². The Labute approximate surface area is 166 Å². The topological polar surface area (TPSA) is 49.8 Å². The van der Waals surface area contributed by atoms with Gasteiger partial charge in [-0.05, 0) is 56.6 Å². The van der Waals surface area contributed by atoms with Gasteiger partial charge in [0.25, 0.3) is 0 Å². The number of halogens is 4. The highest BCUT2D eigenvalue weighted by Crippen LogP contribution is 2.47. The van der Waals surface area contributed by atoms with Gasteiger partial charge in [0.2, 0.25) is 0 Å². The number of alkyl halides is 3. The summed E-state index contributed by atoms with van der Waals surface area (Å²) in [4.78, 5) is 13.3. The fourth-order valence-corrected chi connectivity index (χ4v) is 4.46. The summed E-state index contributed by atoms with van der Waals surface area (Å²) >= 11 is 6.22. The highest BCUT2D eigenvalue weighted by atomic mass is 35.5. The quantitative estimate of drug-likeness (QED) is 0.642. The van der Waals surface area contributed by atoms with Crippen LogP contribution in [0.15, 0.2) is 29.8 Å². The van der Waals surface area contributed by atoms with Crippen LogP contribution in [-0.2, 0) is 4.79 Å². The molecule has 1 aliphatic heterocycles. The van der Waals surface area contributed by atoms with Crippen LogP contribution in [0.2, 0.25) is 5.02 Å². The Balaban J connectivity index is 1.70. The first kappa shape index (κ1) is 20.8. The molecular weight excluding hydrogens is 395 g/mol. The second kappa shape index (κ2) is 7.85. The lowest BCUT2D eigenvalue weighted by Gasteiger charge is -2.45. The minimum atomic E-state index is -4.75. The number of rotatable bonds is 4. The van der Waals surface area contributed by atoms with Crippen LogP contribution in [0.5, 0.6) is 5.75 Å². The number of aliphatic carboxylic acids is 1. The van der Waals surface area contributed by atoms with Gasteiger partial charge in [0, 0.05) is 19.2 Å². The number of ether oxygens (including phenoxy) is 1. The Kier molecular flexibility index (Phi) is 5.84. The van der Waals surface area contributed by atoms with Crippen molar-refractivity contribution >= 4 is 23.3 Å². The summed E-state index contributed by atoms with van der Waals surface area (Å²) in [5.74, 6) is -1.58. The lowest BCUT2D eigenvalue weighted by Crippen LogP contribution is -2.42. The van der Waals surface area contributed by atoms with Crippen LogP contribution in [0.25, 0.3) is 0 Å². The second-order valence-electron chi connectivity index (χ2n) is 7.70. The van der Waals surface area contributed by atoms with Crippen molar-refractivity contribution in [3.05, 3.63) is 34.9 Å². The molecule has 0 bridgehead atoms. The van der Waals surface area contributed by atoms with E-state index in [4.69, 9.17) is 11.6 Å². The first-order valence-corrected chi connectivity index (χ1v) is 9.68. The first-order chi connectivity index (χ1) is 13.1. The number of benzene rings is 1. The molecule has 2 aliphatic rings. The van der Waals surface area contributed by atoms with Gasteiger partial charge in [0.05, 0.1) is 16.6 Å². The number of nitrogens with zero attached hydrogens (tertiary/aromatic N) is 1. The molecule has 3 rings (SSSR count). The normalized spacial score (nSPS) is 20.6. The summed E-state index contributed by atoms with van der Waals surface area (Å²) in [5.41, 5.74) is 1.56. The molecule has 0 amide bonds. The van der Waals surface area contributed by atoms with Crippen molar-refractivity contribution in [1.82, 2.24) is 0 Å². The monoisotopic (exact) mass is 417 g/mol. The highest BCUT2D eigenvalue weighted by Gasteiger charge is 2.39. The summed E-state index contributed by atoms with van der Waals surface area (Å²) in [6, 6.07) is 3.95. The number of carbonyl (C=O) groups is 1. The van der Waals surface area contributed by atoms with Crippen LogP contribution < -0.4 is 9.64 Å². The summed E-state index contributed by atoms with van der Waals surface area (Å²) in [6.07, 6.45) is 1.62. The molecule has 8 heteroatoms. The zero-order valence-corrected chi connectivity index (χ0v) is 16.3. The van der Waals surface area contributed by atoms with Crippen molar-refractivity contribution in [1.29, 1.82) is 0 Å². The van der Waals surface area contributed by atoms with Crippen LogP contribution in [0.1, 0.15) is 39.0 Å². The van der Waals surface area contributed by atoms with Crippen molar-refractivity contribution < 1.29 is 27.8 Å². The first-order valence-electron chi connectivity index (χ1n) is 9.31. The molecule has 1 saturated heterocycles. The Hall–Kier alpha value is -1.89. The van der Waals surface area contributed by atoms with Gasteiger partial charge in [0.1, 0.15) is 5.75 Å². The molecule has 28 heavy (non-hydrogen) atoms. The Morgan fingerprint density at radius 3 is 2.57 bits per heavy atom. The van der Waals surface area contributed by atoms with E-state index < -0.39 is 18.2 Å². The fraction of sp³-hybridized carbons (Fsp3) is 0.550. The predicted octanol–water partition coefficient (Wildman–Crippen LogP) is 5.66. The molecule has 1 atom stereocenters. The minimum absolute atomic E-state index is 0.0524. The number of piperidine rings is 1. The minimum Gasteiger partial charge on any atom is -0.481 e. The SMILES string of the molecule is CC(C(=O)O)C1=CCCC2(CCN(c3cc(OC(F)(F)F)ccc3Cl)CC2)C1. The number of hydrogen-bond donors (Lipinski definition) is 1. The molecule has 0 saturated carbocycles. The van der Waals surface area contributed by atoms with Gasteiger partial charge in [-0.3, -0.25) is 4.79 Å². The molecule has 1 fully saturated rings. The van der Waals surface area contributed by atoms with Crippen LogP contribution in [0, 0.1) is 11.3 Å². The molecular formula is C20H23ClF3NO3. The smallest absolute Gasteiger partial charge is 0.481 e. The fourth-order valence-electron chi connectivity index (χ4n) is 4.23. The average molecular weight is 418 g/mol. The number of allylic oxidation sites excluding steroid dienone is 1. The summed E-state index contributed by atoms with van der Waals surface area (Å²) in [7, 11) is 0. The molecule has 1 heterocycles. The van der Waals surface area contributed by atoms with Crippen LogP contribution in [-0.4, -0.2) is 30.5 Å². The maximum Gasteiger partial charge on any atom is 0.573 e. The lowest BCUT2D eigenvalue weighted by atomic mass is 9.66. The van der Waals surface area contributed by atoms with Gasteiger partial charge in [-0.15, -0.1) is 13.2 Å². The molecule has 1 aliphatic carbocycles. The van der Waals surface area contributed by atoms with Gasteiger partial charge in [-0.25, -0.2) is 0 Å². The molecule has 1 N–H and O–H groups in total. The van der Waals surface area contributed by atoms with Crippen LogP contribution in [0.3, 0.4) is 0 Å². The van der Waals surface area contributed by atoms with Gasteiger partial charge in [-0.2, -0.15) is 0 Å². The van der Waals surface area contributed by atoms with Gasteiger partial charge in [0.15, 0.2) is 0 Å². The van der Waals surface area contributed by atoms with E-state index in [0.29, 0.717) is 23.8 Å². The van der Waals surface area contributed by atoms with E-state index in [1.165, 1.54) is 18.2 Å². The van der Waals surface area contributed by atoms with Gasteiger partial charge in [-0.1, -0.05) is 23.3 Å². The molecule has 1 unspecified atom stereocenters. The molecule has 1 spiro atoms. The third-order valence-electron chi connectivity index (χ3n) is 5.90. The van der Waals surface area contributed by atoms with Crippen molar-refractivity contribution in [2.24, 2.45) is 11.3 Å². The summed E-state index contributed by atoms with van der Waals surface area (Å²) in [5, 5.41) is 9.68. The molecule has 0 radical (unpaired) electrons. The molecule has 154 valence electrons. The molecule has 1 aromatic rings. The molecule has 1 aromatic carbocycles. The Morgan fingerprint density at radius 2 is 1.96 bits per heavy atom. The molecule has 0 aromatic heterocycles. The summed E-state index contributed by atoms with van der Waals surface area (Å²) in [6.45, 7) is 3.03. The van der Waals surface area contributed by atoms with Crippen molar-refractivity contribution in [2.75, 3.05) is 18.0 Å².